The third-order valence-electron chi connectivity index (χ3n) is 3.48. The van der Waals surface area contributed by atoms with Crippen LogP contribution in [-0.2, 0) is 6.54 Å². The van der Waals surface area contributed by atoms with Crippen LogP contribution in [0.1, 0.15) is 18.4 Å². The summed E-state index contributed by atoms with van der Waals surface area (Å²) in [6.07, 6.45) is 4.48. The smallest absolute Gasteiger partial charge is 0.0767 e. The van der Waals surface area contributed by atoms with Crippen molar-refractivity contribution >= 4 is 16.6 Å². The Morgan fingerprint density at radius 1 is 1.18 bits per heavy atom. The van der Waals surface area contributed by atoms with E-state index in [1.54, 1.807) is 0 Å². The van der Waals surface area contributed by atoms with E-state index in [1.165, 1.54) is 31.5 Å². The summed E-state index contributed by atoms with van der Waals surface area (Å²) in [7, 11) is 0. The quantitative estimate of drug-likeness (QED) is 0.801. The maximum atomic E-state index is 5.98. The highest BCUT2D eigenvalue weighted by atomic mass is 15.1. The third kappa shape index (κ3) is 1.98. The molecule has 0 atom stereocenters. The fourth-order valence-corrected chi connectivity index (χ4v) is 2.56. The minimum Gasteiger partial charge on any atom is -0.398 e. The van der Waals surface area contributed by atoms with Crippen molar-refractivity contribution in [2.75, 3.05) is 18.8 Å². The van der Waals surface area contributed by atoms with E-state index in [0.29, 0.717) is 0 Å². The largest absolute Gasteiger partial charge is 0.398 e. The second-order valence-corrected chi connectivity index (χ2v) is 4.70. The highest BCUT2D eigenvalue weighted by Crippen LogP contribution is 2.24. The molecule has 2 N–H and O–H groups in total. The van der Waals surface area contributed by atoms with Crippen LogP contribution < -0.4 is 5.73 Å². The Labute approximate surface area is 101 Å². The van der Waals surface area contributed by atoms with Crippen LogP contribution in [0.4, 0.5) is 5.69 Å². The fraction of sp³-hybridized carbons (Fsp3) is 0.357. The molecule has 0 aliphatic carbocycles. The van der Waals surface area contributed by atoms with Gasteiger partial charge in [0.25, 0.3) is 0 Å². The number of likely N-dealkylation sites (tertiary alicyclic amines) is 1. The molecule has 3 heteroatoms. The van der Waals surface area contributed by atoms with Crippen molar-refractivity contribution in [2.24, 2.45) is 0 Å². The van der Waals surface area contributed by atoms with E-state index < -0.39 is 0 Å². The van der Waals surface area contributed by atoms with Gasteiger partial charge in [-0.1, -0.05) is 6.07 Å². The molecule has 3 nitrogen and oxygen atoms in total. The number of rotatable bonds is 2. The molecule has 0 amide bonds. The summed E-state index contributed by atoms with van der Waals surface area (Å²) in [6.45, 7) is 3.41. The molecule has 17 heavy (non-hydrogen) atoms. The predicted octanol–water partition coefficient (Wildman–Crippen LogP) is 2.41. The van der Waals surface area contributed by atoms with Crippen molar-refractivity contribution in [1.29, 1.82) is 0 Å². The highest BCUT2D eigenvalue weighted by Gasteiger charge is 2.14. The Balaban J connectivity index is 2.01. The van der Waals surface area contributed by atoms with Crippen LogP contribution in [-0.4, -0.2) is 23.0 Å². The second kappa shape index (κ2) is 4.34. The molecule has 1 aromatic heterocycles. The van der Waals surface area contributed by atoms with Gasteiger partial charge in [-0.15, -0.1) is 0 Å². The Morgan fingerprint density at radius 3 is 2.82 bits per heavy atom. The van der Waals surface area contributed by atoms with E-state index in [2.05, 4.69) is 16.0 Å². The maximum absolute atomic E-state index is 5.98. The van der Waals surface area contributed by atoms with Crippen molar-refractivity contribution < 1.29 is 0 Å². The Hall–Kier alpha value is -1.61. The van der Waals surface area contributed by atoms with E-state index >= 15 is 0 Å². The third-order valence-corrected chi connectivity index (χ3v) is 3.48. The number of nitrogens with zero attached hydrogens (tertiary/aromatic N) is 2. The lowest BCUT2D eigenvalue weighted by Crippen LogP contribution is -2.18. The lowest BCUT2D eigenvalue weighted by Gasteiger charge is -2.16. The van der Waals surface area contributed by atoms with Crippen molar-refractivity contribution in [1.82, 2.24) is 9.88 Å². The van der Waals surface area contributed by atoms with Crippen molar-refractivity contribution in [3.05, 3.63) is 36.0 Å². The van der Waals surface area contributed by atoms with Crippen molar-refractivity contribution in [2.45, 2.75) is 19.4 Å². The molecule has 1 aliphatic rings. The van der Waals surface area contributed by atoms with Gasteiger partial charge in [-0.25, -0.2) is 0 Å². The summed E-state index contributed by atoms with van der Waals surface area (Å²) >= 11 is 0. The van der Waals surface area contributed by atoms with Crippen LogP contribution in [0.3, 0.4) is 0 Å². The number of nitrogens with two attached hydrogens (primary N) is 1. The number of hydrogen-bond donors (Lipinski definition) is 1. The van der Waals surface area contributed by atoms with Gasteiger partial charge in [0.2, 0.25) is 0 Å². The van der Waals surface area contributed by atoms with E-state index in [9.17, 15) is 0 Å². The van der Waals surface area contributed by atoms with Gasteiger partial charge in [0.1, 0.15) is 0 Å². The molecule has 88 valence electrons. The van der Waals surface area contributed by atoms with Gasteiger partial charge < -0.3 is 5.73 Å². The van der Waals surface area contributed by atoms with E-state index in [0.717, 1.165) is 23.1 Å². The molecule has 0 saturated carbocycles. The van der Waals surface area contributed by atoms with Gasteiger partial charge in [-0.05, 0) is 49.7 Å². The molecule has 0 radical (unpaired) electrons. The lowest BCUT2D eigenvalue weighted by molar-refractivity contribution is 0.332. The van der Waals surface area contributed by atoms with Gasteiger partial charge in [0, 0.05) is 23.8 Å². The van der Waals surface area contributed by atoms with Crippen LogP contribution >= 0.6 is 0 Å². The number of hydrogen-bond acceptors (Lipinski definition) is 3. The first-order chi connectivity index (χ1) is 8.34. The average Bonchev–Trinajstić information content (AvgIpc) is 2.86. The van der Waals surface area contributed by atoms with E-state index in [4.69, 9.17) is 5.73 Å². The van der Waals surface area contributed by atoms with Gasteiger partial charge in [0.05, 0.1) is 5.52 Å². The van der Waals surface area contributed by atoms with Crippen LogP contribution in [0.2, 0.25) is 0 Å². The zero-order valence-electron chi connectivity index (χ0n) is 9.89. The monoisotopic (exact) mass is 227 g/mol. The van der Waals surface area contributed by atoms with Gasteiger partial charge in [-0.3, -0.25) is 9.88 Å². The standard InChI is InChI=1S/C14H17N3/c15-13-6-5-11(10-17-8-1-2-9-17)14-12(13)4-3-7-16-14/h3-7H,1-2,8-10,15H2. The molecule has 0 bridgehead atoms. The molecule has 1 aliphatic heterocycles. The molecular formula is C14H17N3. The maximum Gasteiger partial charge on any atom is 0.0767 e. The van der Waals surface area contributed by atoms with Crippen LogP contribution in [0, 0.1) is 0 Å². The van der Waals surface area contributed by atoms with Crippen molar-refractivity contribution in [3.8, 4) is 0 Å². The number of benzene rings is 1. The molecule has 2 heterocycles. The highest BCUT2D eigenvalue weighted by molar-refractivity contribution is 5.92. The van der Waals surface area contributed by atoms with Gasteiger partial charge >= 0.3 is 0 Å². The number of aromatic nitrogens is 1. The molecule has 2 aromatic rings. The number of anilines is 1. The first-order valence-corrected chi connectivity index (χ1v) is 6.19. The van der Waals surface area contributed by atoms with Crippen molar-refractivity contribution in [3.63, 3.8) is 0 Å². The summed E-state index contributed by atoms with van der Waals surface area (Å²) in [6, 6.07) is 8.10. The zero-order valence-corrected chi connectivity index (χ0v) is 9.89. The SMILES string of the molecule is Nc1ccc(CN2CCCC2)c2ncccc12. The topological polar surface area (TPSA) is 42.1 Å². The molecule has 3 rings (SSSR count). The van der Waals surface area contributed by atoms with Crippen LogP contribution in [0.15, 0.2) is 30.5 Å². The molecular weight excluding hydrogens is 210 g/mol. The minimum absolute atomic E-state index is 0.818. The molecule has 1 saturated heterocycles. The summed E-state index contributed by atoms with van der Waals surface area (Å²) in [5, 5.41) is 1.07. The number of nitrogen functional groups attached to an aromatic ring is 1. The number of fused-ring (bicyclic) bond motifs is 1. The summed E-state index contributed by atoms with van der Waals surface area (Å²) < 4.78 is 0. The molecule has 0 spiro atoms. The van der Waals surface area contributed by atoms with Crippen LogP contribution in [0.25, 0.3) is 10.9 Å². The molecule has 1 aromatic carbocycles. The summed E-state index contributed by atoms with van der Waals surface area (Å²) in [5.74, 6) is 0. The minimum atomic E-state index is 0.818. The second-order valence-electron chi connectivity index (χ2n) is 4.70. The normalized spacial score (nSPS) is 16.7. The lowest BCUT2D eigenvalue weighted by atomic mass is 10.1. The Bertz CT molecular complexity index is 530. The predicted molar refractivity (Wildman–Crippen MR) is 70.7 cm³/mol. The summed E-state index contributed by atoms with van der Waals surface area (Å²) in [4.78, 5) is 6.96. The first kappa shape index (κ1) is 10.5. The van der Waals surface area contributed by atoms with Crippen LogP contribution in [0.5, 0.6) is 0 Å². The fourth-order valence-electron chi connectivity index (χ4n) is 2.56. The van der Waals surface area contributed by atoms with E-state index in [-0.39, 0.29) is 0 Å². The molecule has 1 fully saturated rings. The van der Waals surface area contributed by atoms with Gasteiger partial charge in [0.15, 0.2) is 0 Å². The molecule has 0 unspecified atom stereocenters. The van der Waals surface area contributed by atoms with Gasteiger partial charge in [-0.2, -0.15) is 0 Å². The first-order valence-electron chi connectivity index (χ1n) is 6.19. The van der Waals surface area contributed by atoms with E-state index in [1.807, 2.05) is 24.4 Å². The zero-order chi connectivity index (χ0) is 11.7. The summed E-state index contributed by atoms with van der Waals surface area (Å²) in [5.41, 5.74) is 9.14. The average molecular weight is 227 g/mol. The number of pyridine rings is 1. The Kier molecular flexibility index (Phi) is 2.69. The Morgan fingerprint density at radius 2 is 2.00 bits per heavy atom.